The van der Waals surface area contributed by atoms with Crippen molar-refractivity contribution in [3.63, 3.8) is 0 Å². The highest BCUT2D eigenvalue weighted by Crippen LogP contribution is 2.09. The van der Waals surface area contributed by atoms with Gasteiger partial charge in [-0.05, 0) is 53.4 Å². The molecule has 0 spiro atoms. The summed E-state index contributed by atoms with van der Waals surface area (Å²) in [6, 6.07) is 23.4. The lowest BCUT2D eigenvalue weighted by Crippen LogP contribution is -2.29. The van der Waals surface area contributed by atoms with Gasteiger partial charge < -0.3 is 34.9 Å². The Kier molecular flexibility index (Phi) is 11.3. The first-order valence-electron chi connectivity index (χ1n) is 11.7. The van der Waals surface area contributed by atoms with E-state index in [2.05, 4.69) is 15.3 Å². The van der Waals surface area contributed by atoms with E-state index in [9.17, 15) is 4.79 Å². The Bertz CT molecular complexity index is 1230. The maximum Gasteiger partial charge on any atom is 0.488 e. The number of anilines is 1. The molecule has 0 atom stereocenters. The number of hydrogen-bond acceptors (Lipinski definition) is 9. The van der Waals surface area contributed by atoms with Crippen molar-refractivity contribution in [3.05, 3.63) is 103 Å². The van der Waals surface area contributed by atoms with E-state index in [4.69, 9.17) is 29.6 Å². The number of pyridine rings is 2. The highest BCUT2D eigenvalue weighted by atomic mass is 16.5. The van der Waals surface area contributed by atoms with Crippen LogP contribution in [0.25, 0.3) is 0 Å². The largest absolute Gasteiger partial charge is 0.493 e. The number of hydrogen-bond donors (Lipinski definition) is 5. The summed E-state index contributed by atoms with van der Waals surface area (Å²) in [6.45, 7) is 1.05. The molecule has 1 amide bonds. The zero-order valence-corrected chi connectivity index (χ0v) is 20.4. The summed E-state index contributed by atoms with van der Waals surface area (Å²) < 4.78 is 11.0. The third-order valence-corrected chi connectivity index (χ3v) is 5.00. The molecule has 0 radical (unpaired) electrons. The Morgan fingerprint density at radius 3 is 1.84 bits per heavy atom. The number of nitrogens with zero attached hydrogens (tertiary/aromatic N) is 2. The molecule has 0 aliphatic rings. The van der Waals surface area contributed by atoms with Gasteiger partial charge in [0.05, 0.1) is 13.2 Å². The first-order chi connectivity index (χ1) is 18.4. The molecular weight excluding hydrogens is 488 g/mol. The van der Waals surface area contributed by atoms with Crippen molar-refractivity contribution >= 4 is 36.9 Å². The SMILES string of the molecule is O=C(Nc1ccccn1)c1ccc(B(O)O)cc1.OB(O)c1ccc(OCCCOc2ccccn2)cc1. The number of rotatable bonds is 10. The van der Waals surface area contributed by atoms with Crippen LogP contribution in [0, 0.1) is 0 Å². The van der Waals surface area contributed by atoms with E-state index in [-0.39, 0.29) is 5.91 Å². The second-order valence-electron chi connectivity index (χ2n) is 7.83. The number of aromatic nitrogens is 2. The molecule has 12 heteroatoms. The van der Waals surface area contributed by atoms with E-state index < -0.39 is 14.2 Å². The molecule has 5 N–H and O–H groups in total. The van der Waals surface area contributed by atoms with Crippen LogP contribution in [0.3, 0.4) is 0 Å². The minimum Gasteiger partial charge on any atom is -0.493 e. The molecule has 2 aromatic carbocycles. The van der Waals surface area contributed by atoms with Crippen LogP contribution in [-0.4, -0.2) is 63.4 Å². The van der Waals surface area contributed by atoms with Gasteiger partial charge in [-0.1, -0.05) is 36.4 Å². The molecule has 10 nitrogen and oxygen atoms in total. The average molecular weight is 515 g/mol. The average Bonchev–Trinajstić information content (AvgIpc) is 2.94. The number of ether oxygens (including phenoxy) is 2. The Morgan fingerprint density at radius 2 is 1.29 bits per heavy atom. The minimum absolute atomic E-state index is 0.298. The van der Waals surface area contributed by atoms with Crippen LogP contribution in [0.4, 0.5) is 5.82 Å². The van der Waals surface area contributed by atoms with Crippen molar-refractivity contribution in [2.45, 2.75) is 6.42 Å². The Morgan fingerprint density at radius 1 is 0.711 bits per heavy atom. The topological polar surface area (TPSA) is 154 Å². The van der Waals surface area contributed by atoms with E-state index in [0.29, 0.717) is 47.2 Å². The number of carbonyl (C=O) groups excluding carboxylic acids is 1. The predicted octanol–water partition coefficient (Wildman–Crippen LogP) is 0.623. The Balaban J connectivity index is 0.000000212. The first kappa shape index (κ1) is 28.4. The monoisotopic (exact) mass is 515 g/mol. The van der Waals surface area contributed by atoms with Crippen molar-refractivity contribution < 1.29 is 34.4 Å². The van der Waals surface area contributed by atoms with E-state index >= 15 is 0 Å². The summed E-state index contributed by atoms with van der Waals surface area (Å²) in [7, 11) is -2.98. The van der Waals surface area contributed by atoms with Gasteiger partial charge in [0.25, 0.3) is 5.91 Å². The van der Waals surface area contributed by atoms with Crippen LogP contribution in [0.5, 0.6) is 11.6 Å². The maximum absolute atomic E-state index is 11.8. The van der Waals surface area contributed by atoms with Crippen LogP contribution < -0.4 is 25.7 Å². The molecule has 194 valence electrons. The Hall–Kier alpha value is -4.22. The van der Waals surface area contributed by atoms with E-state index in [0.717, 1.165) is 6.42 Å². The third-order valence-electron chi connectivity index (χ3n) is 5.00. The quantitative estimate of drug-likeness (QED) is 0.151. The number of benzene rings is 2. The van der Waals surface area contributed by atoms with Gasteiger partial charge in [0, 0.05) is 30.4 Å². The number of nitrogens with one attached hydrogen (secondary N) is 1. The summed E-state index contributed by atoms with van der Waals surface area (Å²) in [5.74, 6) is 1.46. The minimum atomic E-state index is -1.53. The molecule has 0 bridgehead atoms. The standard InChI is InChI=1S/C14H16BNO4.C12H11BN2O3/c17-15(18)12-5-7-13(8-6-12)19-10-3-11-20-14-4-1-2-9-16-14;16-12(15-11-3-1-2-8-14-11)9-4-6-10(7-5-9)13(17)18/h1-2,4-9,17-18H,3,10-11H2;1-8,17-18H,(H,14,15,16). The van der Waals surface area contributed by atoms with Gasteiger partial charge in [-0.25, -0.2) is 9.97 Å². The zero-order chi connectivity index (χ0) is 27.2. The van der Waals surface area contributed by atoms with Crippen molar-refractivity contribution in [2.24, 2.45) is 0 Å². The molecule has 0 aliphatic heterocycles. The summed E-state index contributed by atoms with van der Waals surface area (Å²) >= 11 is 0. The Labute approximate surface area is 220 Å². The molecule has 0 fully saturated rings. The zero-order valence-electron chi connectivity index (χ0n) is 20.4. The highest BCUT2D eigenvalue weighted by molar-refractivity contribution is 6.58. The molecule has 0 saturated carbocycles. The fraction of sp³-hybridized carbons (Fsp3) is 0.115. The van der Waals surface area contributed by atoms with Crippen LogP contribution in [0.15, 0.2) is 97.3 Å². The van der Waals surface area contributed by atoms with Crippen molar-refractivity contribution in [1.82, 2.24) is 9.97 Å². The van der Waals surface area contributed by atoms with E-state index in [1.807, 2.05) is 12.1 Å². The van der Waals surface area contributed by atoms with Gasteiger partial charge in [-0.3, -0.25) is 4.79 Å². The second-order valence-corrected chi connectivity index (χ2v) is 7.83. The molecule has 0 unspecified atom stereocenters. The van der Waals surface area contributed by atoms with E-state index in [1.54, 1.807) is 60.9 Å². The van der Waals surface area contributed by atoms with Gasteiger partial charge in [0.15, 0.2) is 0 Å². The van der Waals surface area contributed by atoms with Crippen LogP contribution >= 0.6 is 0 Å². The molecule has 2 aromatic heterocycles. The lowest BCUT2D eigenvalue weighted by atomic mass is 9.80. The van der Waals surface area contributed by atoms with Crippen molar-refractivity contribution in [1.29, 1.82) is 0 Å². The molecule has 0 saturated heterocycles. The van der Waals surface area contributed by atoms with Gasteiger partial charge in [0.2, 0.25) is 5.88 Å². The van der Waals surface area contributed by atoms with Gasteiger partial charge in [0.1, 0.15) is 11.6 Å². The molecular formula is C26H27B2N3O7. The number of carbonyl (C=O) groups is 1. The van der Waals surface area contributed by atoms with Crippen LogP contribution in [0.2, 0.25) is 0 Å². The molecule has 0 aliphatic carbocycles. The fourth-order valence-corrected chi connectivity index (χ4v) is 3.03. The van der Waals surface area contributed by atoms with Gasteiger partial charge >= 0.3 is 14.2 Å². The summed E-state index contributed by atoms with van der Waals surface area (Å²) in [5.41, 5.74) is 1.20. The molecule has 38 heavy (non-hydrogen) atoms. The van der Waals surface area contributed by atoms with Crippen molar-refractivity contribution in [2.75, 3.05) is 18.5 Å². The molecule has 4 rings (SSSR count). The maximum atomic E-state index is 11.8. The summed E-state index contributed by atoms with van der Waals surface area (Å²) in [5, 5.41) is 38.4. The fourth-order valence-electron chi connectivity index (χ4n) is 3.03. The normalized spacial score (nSPS) is 10.0. The van der Waals surface area contributed by atoms with Crippen LogP contribution in [-0.2, 0) is 0 Å². The smallest absolute Gasteiger partial charge is 0.488 e. The second kappa shape index (κ2) is 15.1. The lowest BCUT2D eigenvalue weighted by molar-refractivity contribution is 0.102. The predicted molar refractivity (Wildman–Crippen MR) is 145 cm³/mol. The third kappa shape index (κ3) is 9.68. The summed E-state index contributed by atoms with van der Waals surface area (Å²) in [4.78, 5) is 19.8. The van der Waals surface area contributed by atoms with Crippen molar-refractivity contribution in [3.8, 4) is 11.6 Å². The number of amides is 1. The molecule has 2 heterocycles. The lowest BCUT2D eigenvalue weighted by Gasteiger charge is -2.08. The van der Waals surface area contributed by atoms with E-state index in [1.165, 1.54) is 24.3 Å². The highest BCUT2D eigenvalue weighted by Gasteiger charge is 2.12. The molecule has 4 aromatic rings. The first-order valence-corrected chi connectivity index (χ1v) is 11.7. The summed E-state index contributed by atoms with van der Waals surface area (Å²) in [6.07, 6.45) is 4.00. The van der Waals surface area contributed by atoms with Gasteiger partial charge in [-0.2, -0.15) is 0 Å². The van der Waals surface area contributed by atoms with Gasteiger partial charge in [-0.15, -0.1) is 0 Å². The van der Waals surface area contributed by atoms with Crippen LogP contribution in [0.1, 0.15) is 16.8 Å².